The molecule has 0 atom stereocenters. The molecule has 17 heavy (non-hydrogen) atoms. The van der Waals surface area contributed by atoms with Gasteiger partial charge in [-0.1, -0.05) is 30.3 Å². The van der Waals surface area contributed by atoms with E-state index in [2.05, 4.69) is 19.1 Å². The number of nitrogens with zero attached hydrogens (tertiary/aromatic N) is 1. The SMILES string of the molecule is CC1=C(c2ccccc2)C(C)(C)N([O])C1(C)C. The monoisotopic (exact) mass is 230 g/mol. The molecule has 1 aliphatic heterocycles. The predicted molar refractivity (Wildman–Crippen MR) is 69.7 cm³/mol. The summed E-state index contributed by atoms with van der Waals surface area (Å²) in [5.74, 6) is 0. The molecule has 0 saturated carbocycles. The summed E-state index contributed by atoms with van der Waals surface area (Å²) < 4.78 is 0. The summed E-state index contributed by atoms with van der Waals surface area (Å²) in [5, 5.41) is 13.6. The Morgan fingerprint density at radius 2 is 1.47 bits per heavy atom. The van der Waals surface area contributed by atoms with E-state index in [-0.39, 0.29) is 0 Å². The van der Waals surface area contributed by atoms with Crippen molar-refractivity contribution in [3.8, 4) is 0 Å². The molecule has 0 amide bonds. The molecule has 0 N–H and O–H groups in total. The van der Waals surface area contributed by atoms with E-state index in [1.807, 2.05) is 45.9 Å². The topological polar surface area (TPSA) is 23.1 Å². The third kappa shape index (κ3) is 1.63. The summed E-state index contributed by atoms with van der Waals surface area (Å²) in [6.45, 7) is 10.1. The van der Waals surface area contributed by atoms with Gasteiger partial charge in [-0.2, -0.15) is 0 Å². The Morgan fingerprint density at radius 1 is 0.941 bits per heavy atom. The first kappa shape index (κ1) is 12.3. The minimum absolute atomic E-state index is 0.422. The number of hydrogen-bond donors (Lipinski definition) is 0. The van der Waals surface area contributed by atoms with Crippen LogP contribution in [-0.2, 0) is 5.21 Å². The molecule has 0 saturated heterocycles. The fraction of sp³-hybridized carbons (Fsp3) is 0.467. The molecule has 0 aliphatic carbocycles. The first-order valence-electron chi connectivity index (χ1n) is 6.04. The lowest BCUT2D eigenvalue weighted by atomic mass is 9.86. The maximum atomic E-state index is 12.4. The van der Waals surface area contributed by atoms with Crippen LogP contribution < -0.4 is 0 Å². The smallest absolute Gasteiger partial charge is 0.0701 e. The zero-order valence-electron chi connectivity index (χ0n) is 11.2. The molecule has 1 aromatic rings. The summed E-state index contributed by atoms with van der Waals surface area (Å²) in [7, 11) is 0. The summed E-state index contributed by atoms with van der Waals surface area (Å²) in [5.41, 5.74) is 2.60. The molecule has 0 unspecified atom stereocenters. The third-order valence-corrected chi connectivity index (χ3v) is 3.98. The molecule has 91 valence electrons. The standard InChI is InChI=1S/C15H20NO/c1-11-13(12-9-7-6-8-10-12)15(4,5)16(17)14(11,2)3/h6-10H,1-5H3. The van der Waals surface area contributed by atoms with Gasteiger partial charge in [-0.25, -0.2) is 0 Å². The Labute approximate surface area is 104 Å². The Hall–Kier alpha value is -1.12. The van der Waals surface area contributed by atoms with Crippen molar-refractivity contribution in [2.45, 2.75) is 45.7 Å². The second-order valence-electron chi connectivity index (χ2n) is 5.78. The van der Waals surface area contributed by atoms with E-state index in [9.17, 15) is 5.21 Å². The quantitative estimate of drug-likeness (QED) is 0.721. The largest absolute Gasteiger partial charge is 0.135 e. The van der Waals surface area contributed by atoms with E-state index in [0.29, 0.717) is 0 Å². The highest BCUT2D eigenvalue weighted by Gasteiger charge is 2.50. The van der Waals surface area contributed by atoms with Crippen LogP contribution in [0.4, 0.5) is 0 Å². The van der Waals surface area contributed by atoms with Crippen LogP contribution in [0.25, 0.3) is 5.57 Å². The van der Waals surface area contributed by atoms with Gasteiger partial charge in [0.25, 0.3) is 0 Å². The minimum Gasteiger partial charge on any atom is -0.135 e. The first-order valence-corrected chi connectivity index (χ1v) is 6.04. The number of rotatable bonds is 1. The highest BCUT2D eigenvalue weighted by atomic mass is 16.5. The molecule has 2 heteroatoms. The van der Waals surface area contributed by atoms with E-state index in [4.69, 9.17) is 0 Å². The Bertz CT molecular complexity index is 457. The predicted octanol–water partition coefficient (Wildman–Crippen LogP) is 3.68. The van der Waals surface area contributed by atoms with Gasteiger partial charge in [0.1, 0.15) is 0 Å². The van der Waals surface area contributed by atoms with Crippen molar-refractivity contribution in [1.82, 2.24) is 5.06 Å². The van der Waals surface area contributed by atoms with Gasteiger partial charge in [0, 0.05) is 0 Å². The second kappa shape index (κ2) is 3.69. The van der Waals surface area contributed by atoms with Gasteiger partial charge in [-0.3, -0.25) is 0 Å². The lowest BCUT2D eigenvalue weighted by molar-refractivity contribution is -0.236. The van der Waals surface area contributed by atoms with Crippen LogP contribution in [0, 0.1) is 0 Å². The zero-order valence-corrected chi connectivity index (χ0v) is 11.2. The Morgan fingerprint density at radius 3 is 1.88 bits per heavy atom. The van der Waals surface area contributed by atoms with E-state index in [1.165, 1.54) is 10.6 Å². The maximum Gasteiger partial charge on any atom is 0.0701 e. The van der Waals surface area contributed by atoms with Gasteiger partial charge in [0.2, 0.25) is 0 Å². The van der Waals surface area contributed by atoms with Crippen LogP contribution in [0.3, 0.4) is 0 Å². The summed E-state index contributed by atoms with van der Waals surface area (Å²) in [4.78, 5) is 0. The van der Waals surface area contributed by atoms with E-state index >= 15 is 0 Å². The molecule has 1 heterocycles. The van der Waals surface area contributed by atoms with Crippen molar-refractivity contribution in [3.05, 3.63) is 41.5 Å². The van der Waals surface area contributed by atoms with Gasteiger partial charge >= 0.3 is 0 Å². The third-order valence-electron chi connectivity index (χ3n) is 3.98. The highest BCUT2D eigenvalue weighted by Crippen LogP contribution is 2.48. The second-order valence-corrected chi connectivity index (χ2v) is 5.78. The maximum absolute atomic E-state index is 12.4. The minimum atomic E-state index is -0.463. The van der Waals surface area contributed by atoms with Gasteiger partial charge in [0.15, 0.2) is 0 Å². The van der Waals surface area contributed by atoms with Crippen molar-refractivity contribution >= 4 is 5.57 Å². The molecule has 2 nitrogen and oxygen atoms in total. The van der Waals surface area contributed by atoms with Gasteiger partial charge in [-0.05, 0) is 51.3 Å². The molecular weight excluding hydrogens is 210 g/mol. The lowest BCUT2D eigenvalue weighted by Gasteiger charge is -2.34. The van der Waals surface area contributed by atoms with Crippen LogP contribution in [0.1, 0.15) is 40.2 Å². The van der Waals surface area contributed by atoms with Crippen molar-refractivity contribution in [3.63, 3.8) is 0 Å². The van der Waals surface area contributed by atoms with Crippen LogP contribution in [-0.4, -0.2) is 16.1 Å². The Kier molecular flexibility index (Phi) is 2.68. The van der Waals surface area contributed by atoms with E-state index in [1.54, 1.807) is 0 Å². The lowest BCUT2D eigenvalue weighted by Crippen LogP contribution is -2.47. The van der Waals surface area contributed by atoms with Crippen molar-refractivity contribution in [1.29, 1.82) is 0 Å². The molecule has 1 radical (unpaired) electrons. The van der Waals surface area contributed by atoms with Crippen LogP contribution in [0.2, 0.25) is 0 Å². The number of hydrogen-bond acceptors (Lipinski definition) is 1. The zero-order chi connectivity index (χ0) is 12.8. The van der Waals surface area contributed by atoms with Crippen molar-refractivity contribution < 1.29 is 5.21 Å². The summed E-state index contributed by atoms with van der Waals surface area (Å²) in [6.07, 6.45) is 0. The fourth-order valence-corrected chi connectivity index (χ4v) is 2.89. The Balaban J connectivity index is 2.63. The van der Waals surface area contributed by atoms with E-state index in [0.717, 1.165) is 11.1 Å². The van der Waals surface area contributed by atoms with Gasteiger partial charge in [0.05, 0.1) is 11.1 Å². The molecule has 0 aromatic heterocycles. The van der Waals surface area contributed by atoms with Crippen LogP contribution >= 0.6 is 0 Å². The molecule has 1 aromatic carbocycles. The van der Waals surface area contributed by atoms with Crippen LogP contribution in [0.15, 0.2) is 35.9 Å². The van der Waals surface area contributed by atoms with Crippen molar-refractivity contribution in [2.75, 3.05) is 0 Å². The van der Waals surface area contributed by atoms with E-state index < -0.39 is 11.1 Å². The van der Waals surface area contributed by atoms with Gasteiger partial charge in [-0.15, -0.1) is 10.3 Å². The first-order chi connectivity index (χ1) is 7.79. The molecule has 2 rings (SSSR count). The number of benzene rings is 1. The van der Waals surface area contributed by atoms with Crippen LogP contribution in [0.5, 0.6) is 0 Å². The number of hydroxylamine groups is 2. The average molecular weight is 230 g/mol. The molecular formula is C15H20NO. The highest BCUT2D eigenvalue weighted by molar-refractivity contribution is 5.79. The molecule has 0 spiro atoms. The average Bonchev–Trinajstić information content (AvgIpc) is 2.39. The summed E-state index contributed by atoms with van der Waals surface area (Å²) >= 11 is 0. The molecule has 1 aliphatic rings. The molecule has 0 fully saturated rings. The normalized spacial score (nSPS) is 23.2. The fourth-order valence-electron chi connectivity index (χ4n) is 2.89. The molecule has 0 bridgehead atoms. The van der Waals surface area contributed by atoms with Crippen molar-refractivity contribution in [2.24, 2.45) is 0 Å². The van der Waals surface area contributed by atoms with Gasteiger partial charge < -0.3 is 0 Å². The summed E-state index contributed by atoms with van der Waals surface area (Å²) in [6, 6.07) is 10.2.